The van der Waals surface area contributed by atoms with Gasteiger partial charge in [-0.1, -0.05) is 12.1 Å². The summed E-state index contributed by atoms with van der Waals surface area (Å²) in [5.74, 6) is 0.448. The molecule has 0 N–H and O–H groups in total. The lowest BCUT2D eigenvalue weighted by atomic mass is 10.0. The Labute approximate surface area is 199 Å². The van der Waals surface area contributed by atoms with Gasteiger partial charge in [-0.2, -0.15) is 0 Å². The largest absolute Gasteiger partial charge is 0.494 e. The van der Waals surface area contributed by atoms with Crippen molar-refractivity contribution in [1.82, 2.24) is 4.98 Å². The molecule has 8 heteroatoms. The van der Waals surface area contributed by atoms with Crippen LogP contribution in [-0.4, -0.2) is 37.9 Å². The third kappa shape index (κ3) is 4.49. The summed E-state index contributed by atoms with van der Waals surface area (Å²) in [7, 11) is 4.46. The van der Waals surface area contributed by atoms with Gasteiger partial charge in [0.25, 0.3) is 0 Å². The molecule has 2 heterocycles. The van der Waals surface area contributed by atoms with Gasteiger partial charge in [-0.3, -0.25) is 9.59 Å². The number of carbonyl (C=O) groups excluding carboxylic acids is 2. The smallest absolute Gasteiger partial charge is 0.185 e. The first-order valence-electron chi connectivity index (χ1n) is 10.5. The maximum atomic E-state index is 14.1. The number of ether oxygens (including phenoxy) is 3. The van der Waals surface area contributed by atoms with Gasteiger partial charge in [0, 0.05) is 34.7 Å². The number of Topliss-reactive ketones (excluding diaryl/α,β-unsaturated/α-hetero) is 2. The Morgan fingerprint density at radius 1 is 0.882 bits per heavy atom. The molecule has 0 fully saturated rings. The van der Waals surface area contributed by atoms with E-state index in [1.54, 1.807) is 36.4 Å². The average molecular weight is 480 g/mol. The molecule has 0 radical (unpaired) electrons. The van der Waals surface area contributed by atoms with Gasteiger partial charge in [0.1, 0.15) is 17.3 Å². The molecular formula is C26H22FNO5S. The first kappa shape index (κ1) is 23.4. The van der Waals surface area contributed by atoms with E-state index in [4.69, 9.17) is 14.2 Å². The number of hydrogen-bond acceptors (Lipinski definition) is 7. The highest BCUT2D eigenvalue weighted by Crippen LogP contribution is 2.36. The lowest BCUT2D eigenvalue weighted by Gasteiger charge is -2.10. The molecule has 4 rings (SSSR count). The topological polar surface area (TPSA) is 74.7 Å². The monoisotopic (exact) mass is 479 g/mol. The highest BCUT2D eigenvalue weighted by molar-refractivity contribution is 7.17. The Hall–Kier alpha value is -3.78. The summed E-state index contributed by atoms with van der Waals surface area (Å²) in [6, 6.07) is 13.1. The Morgan fingerprint density at radius 2 is 1.59 bits per heavy atom. The van der Waals surface area contributed by atoms with Crippen LogP contribution >= 0.6 is 11.3 Å². The molecule has 6 nitrogen and oxygen atoms in total. The van der Waals surface area contributed by atoms with Crippen molar-refractivity contribution in [1.29, 1.82) is 0 Å². The fourth-order valence-corrected chi connectivity index (χ4v) is 4.65. The van der Waals surface area contributed by atoms with Crippen LogP contribution in [0.2, 0.25) is 0 Å². The standard InChI is InChI=1S/C26H22FNO5S/c1-31-22-11-7-15(13-24(22)33-3)20(29)9-10-21(30)25-23(32-2)12-8-19(28-25)17-14-34-26-16(17)5-4-6-18(26)27/h4-8,11-14H,9-10H2,1-3H3. The van der Waals surface area contributed by atoms with Crippen LogP contribution < -0.4 is 14.2 Å². The minimum atomic E-state index is -0.321. The SMILES string of the molecule is COc1ccc(C(=O)CCC(=O)c2nc(-c3csc4c(F)cccc34)ccc2OC)cc1OC. The average Bonchev–Trinajstić information content (AvgIpc) is 3.31. The van der Waals surface area contributed by atoms with Gasteiger partial charge in [-0.25, -0.2) is 9.37 Å². The molecule has 0 aliphatic carbocycles. The zero-order valence-electron chi connectivity index (χ0n) is 18.9. The van der Waals surface area contributed by atoms with E-state index >= 15 is 0 Å². The molecule has 4 aromatic rings. The third-order valence-corrected chi connectivity index (χ3v) is 6.46. The second-order valence-electron chi connectivity index (χ2n) is 7.43. The second kappa shape index (κ2) is 10.0. The molecule has 0 aliphatic rings. The summed E-state index contributed by atoms with van der Waals surface area (Å²) in [6.07, 6.45) is -0.0467. The number of nitrogens with zero attached hydrogens (tertiary/aromatic N) is 1. The van der Waals surface area contributed by atoms with Crippen molar-refractivity contribution in [3.8, 4) is 28.5 Å². The molecule has 0 unspecified atom stereocenters. The molecule has 2 aromatic heterocycles. The first-order chi connectivity index (χ1) is 16.5. The molecule has 34 heavy (non-hydrogen) atoms. The minimum absolute atomic E-state index is 0.00400. The number of aromatic nitrogens is 1. The molecule has 0 amide bonds. The Morgan fingerprint density at radius 3 is 2.32 bits per heavy atom. The number of benzene rings is 2. The van der Waals surface area contributed by atoms with E-state index in [9.17, 15) is 14.0 Å². The van der Waals surface area contributed by atoms with E-state index in [0.717, 1.165) is 10.9 Å². The number of halogens is 1. The summed E-state index contributed by atoms with van der Waals surface area (Å²) in [5, 5.41) is 2.54. The number of hydrogen-bond donors (Lipinski definition) is 0. The van der Waals surface area contributed by atoms with Gasteiger partial charge in [0.05, 0.1) is 31.7 Å². The third-order valence-electron chi connectivity index (χ3n) is 5.45. The van der Waals surface area contributed by atoms with Gasteiger partial charge in [-0.15, -0.1) is 11.3 Å². The Bertz CT molecular complexity index is 1380. The zero-order valence-corrected chi connectivity index (χ0v) is 19.7. The quantitative estimate of drug-likeness (QED) is 0.275. The van der Waals surface area contributed by atoms with Gasteiger partial charge >= 0.3 is 0 Å². The molecule has 0 atom stereocenters. The summed E-state index contributed by atoms with van der Waals surface area (Å²) < 4.78 is 30.4. The van der Waals surface area contributed by atoms with E-state index in [-0.39, 0.29) is 35.9 Å². The predicted octanol–water partition coefficient (Wildman–Crippen LogP) is 5.97. The van der Waals surface area contributed by atoms with Gasteiger partial charge in [-0.05, 0) is 36.4 Å². The Balaban J connectivity index is 1.57. The summed E-state index contributed by atoms with van der Waals surface area (Å²) in [5.41, 5.74) is 1.83. The number of thiophene rings is 1. The van der Waals surface area contributed by atoms with Crippen LogP contribution in [0.4, 0.5) is 4.39 Å². The normalized spacial score (nSPS) is 10.8. The maximum absolute atomic E-state index is 14.1. The van der Waals surface area contributed by atoms with E-state index in [2.05, 4.69) is 4.98 Å². The molecule has 174 valence electrons. The van der Waals surface area contributed by atoms with Gasteiger partial charge < -0.3 is 14.2 Å². The van der Waals surface area contributed by atoms with Crippen LogP contribution in [0.3, 0.4) is 0 Å². The van der Waals surface area contributed by atoms with Crippen molar-refractivity contribution in [2.24, 2.45) is 0 Å². The first-order valence-corrected chi connectivity index (χ1v) is 11.3. The number of fused-ring (bicyclic) bond motifs is 1. The van der Waals surface area contributed by atoms with Crippen molar-refractivity contribution >= 4 is 33.0 Å². The van der Waals surface area contributed by atoms with E-state index in [1.807, 2.05) is 11.4 Å². The number of ketones is 2. The lowest BCUT2D eigenvalue weighted by Crippen LogP contribution is -2.09. The maximum Gasteiger partial charge on any atom is 0.185 e. The van der Waals surface area contributed by atoms with Crippen molar-refractivity contribution in [3.05, 3.63) is 71.0 Å². The van der Waals surface area contributed by atoms with Crippen molar-refractivity contribution < 1.29 is 28.2 Å². The molecule has 0 saturated heterocycles. The fourth-order valence-electron chi connectivity index (χ4n) is 3.68. The van der Waals surface area contributed by atoms with Crippen LogP contribution in [0.5, 0.6) is 17.2 Å². The van der Waals surface area contributed by atoms with Gasteiger partial charge in [0.15, 0.2) is 23.1 Å². The number of methoxy groups -OCH3 is 3. The highest BCUT2D eigenvalue weighted by Gasteiger charge is 2.20. The molecular weight excluding hydrogens is 457 g/mol. The molecule has 0 spiro atoms. The second-order valence-corrected chi connectivity index (χ2v) is 8.31. The molecule has 0 bridgehead atoms. The number of pyridine rings is 1. The van der Waals surface area contributed by atoms with Crippen molar-refractivity contribution in [3.63, 3.8) is 0 Å². The summed E-state index contributed by atoms with van der Waals surface area (Å²) >= 11 is 1.28. The Kier molecular flexibility index (Phi) is 6.88. The van der Waals surface area contributed by atoms with Crippen LogP contribution in [0.15, 0.2) is 53.9 Å². The van der Waals surface area contributed by atoms with Crippen molar-refractivity contribution in [2.75, 3.05) is 21.3 Å². The van der Waals surface area contributed by atoms with E-state index < -0.39 is 0 Å². The highest BCUT2D eigenvalue weighted by atomic mass is 32.1. The van der Waals surface area contributed by atoms with Crippen LogP contribution in [0.25, 0.3) is 21.3 Å². The molecule has 0 saturated carbocycles. The van der Waals surface area contributed by atoms with E-state index in [1.165, 1.54) is 38.7 Å². The van der Waals surface area contributed by atoms with E-state index in [0.29, 0.717) is 33.2 Å². The van der Waals surface area contributed by atoms with Gasteiger partial charge in [0.2, 0.25) is 0 Å². The van der Waals surface area contributed by atoms with Crippen LogP contribution in [0.1, 0.15) is 33.7 Å². The zero-order chi connectivity index (χ0) is 24.2. The van der Waals surface area contributed by atoms with Crippen LogP contribution in [-0.2, 0) is 0 Å². The number of carbonyl (C=O) groups is 2. The summed E-state index contributed by atoms with van der Waals surface area (Å²) in [4.78, 5) is 30.3. The van der Waals surface area contributed by atoms with Crippen LogP contribution in [0, 0.1) is 5.82 Å². The number of rotatable bonds is 9. The molecule has 0 aliphatic heterocycles. The molecule has 2 aromatic carbocycles. The lowest BCUT2D eigenvalue weighted by molar-refractivity contribution is 0.0913. The summed E-state index contributed by atoms with van der Waals surface area (Å²) in [6.45, 7) is 0. The minimum Gasteiger partial charge on any atom is -0.494 e. The fraction of sp³-hybridized carbons (Fsp3) is 0.192. The predicted molar refractivity (Wildman–Crippen MR) is 129 cm³/mol. The van der Waals surface area contributed by atoms with Crippen molar-refractivity contribution in [2.45, 2.75) is 12.8 Å².